The van der Waals surface area contributed by atoms with E-state index in [1.807, 2.05) is 30.3 Å². The molecule has 2 aliphatic carbocycles. The van der Waals surface area contributed by atoms with E-state index in [-0.39, 0.29) is 40.6 Å². The Bertz CT molecular complexity index is 3080. The van der Waals surface area contributed by atoms with Gasteiger partial charge in [0.2, 0.25) is 5.91 Å². The second-order valence-corrected chi connectivity index (χ2v) is 22.2. The molecule has 3 N–H and O–H groups in total. The van der Waals surface area contributed by atoms with Gasteiger partial charge in [-0.25, -0.2) is 9.97 Å². The van der Waals surface area contributed by atoms with Crippen LogP contribution in [-0.2, 0) is 44.4 Å². The Balaban J connectivity index is 0.786. The lowest BCUT2D eigenvalue weighted by Crippen LogP contribution is -2.58. The number of anilines is 6. The van der Waals surface area contributed by atoms with Crippen molar-refractivity contribution in [3.8, 4) is 11.3 Å². The highest BCUT2D eigenvalue weighted by Crippen LogP contribution is 2.42. The van der Waals surface area contributed by atoms with E-state index in [4.69, 9.17) is 4.98 Å². The number of nitrogens with one attached hydrogen (secondary N) is 2. The number of aliphatic hydroxyl groups excluding tert-OH is 1. The van der Waals surface area contributed by atoms with Crippen LogP contribution in [0, 0.1) is 5.41 Å². The van der Waals surface area contributed by atoms with E-state index in [0.29, 0.717) is 70.9 Å². The first-order valence-electron chi connectivity index (χ1n) is 26.4. The maximum absolute atomic E-state index is 14.1. The van der Waals surface area contributed by atoms with E-state index in [1.165, 1.54) is 52.4 Å². The average molecular weight is 988 g/mol. The smallest absolute Gasteiger partial charge is 0.293 e. The normalized spacial score (nSPS) is 22.1. The van der Waals surface area contributed by atoms with Crippen molar-refractivity contribution in [2.45, 2.75) is 129 Å². The molecule has 16 heteroatoms. The molecule has 3 fully saturated rings. The maximum atomic E-state index is 14.1. The van der Waals surface area contributed by atoms with Crippen molar-refractivity contribution >= 4 is 52.1 Å². The first-order chi connectivity index (χ1) is 35.2. The Hall–Kier alpha value is -6.78. The SMILES string of the molecule is C=CC(=O)Nc1cc(Nc2nc(-c3ccnc(N4CCn5c(cc6c5CC(C)(C)C6)C4=O)c3CO)cn(C)c2=O)ccc1N1CCN(C2CCN(c3cccc4c3CN(C3CCCCC3)C4=O)[C@@H](C)C2)C[C@@H]1C. The zero-order chi connectivity index (χ0) is 50.9. The molecular formula is C57H69N11O5. The number of benzene rings is 2. The quantitative estimate of drug-likeness (QED) is 0.112. The molecule has 3 atom stereocenters. The number of pyridine rings is 1. The summed E-state index contributed by atoms with van der Waals surface area (Å²) in [7, 11) is 1.65. The Labute approximate surface area is 427 Å². The number of aryl methyl sites for hydroxylation is 1. The number of aromatic nitrogens is 4. The van der Waals surface area contributed by atoms with Crippen molar-refractivity contribution in [1.82, 2.24) is 28.9 Å². The van der Waals surface area contributed by atoms with E-state index in [0.717, 1.165) is 82.5 Å². The van der Waals surface area contributed by atoms with Crippen LogP contribution in [0.15, 0.2) is 78.4 Å². The average Bonchev–Trinajstić information content (AvgIpc) is 4.02. The van der Waals surface area contributed by atoms with Crippen LogP contribution in [0.5, 0.6) is 0 Å². The molecule has 382 valence electrons. The number of rotatable bonds is 11. The predicted molar refractivity (Wildman–Crippen MR) is 286 cm³/mol. The number of fused-ring (bicyclic) bond motifs is 4. The van der Waals surface area contributed by atoms with Gasteiger partial charge in [0.05, 0.1) is 23.7 Å². The molecule has 5 aromatic rings. The van der Waals surface area contributed by atoms with Crippen LogP contribution < -0.4 is 30.9 Å². The van der Waals surface area contributed by atoms with Crippen LogP contribution >= 0.6 is 0 Å². The minimum absolute atomic E-state index is 0.0501. The van der Waals surface area contributed by atoms with E-state index < -0.39 is 6.61 Å². The molecule has 0 spiro atoms. The maximum Gasteiger partial charge on any atom is 0.293 e. The number of piperazine rings is 1. The highest BCUT2D eigenvalue weighted by atomic mass is 16.3. The number of aliphatic hydroxyl groups is 1. The largest absolute Gasteiger partial charge is 0.392 e. The summed E-state index contributed by atoms with van der Waals surface area (Å²) in [5, 5.41) is 17.2. The van der Waals surface area contributed by atoms with E-state index in [1.54, 1.807) is 30.4 Å². The molecule has 0 radical (unpaired) electrons. The summed E-state index contributed by atoms with van der Waals surface area (Å²) in [5.41, 5.74) is 9.56. The Morgan fingerprint density at radius 2 is 1.67 bits per heavy atom. The van der Waals surface area contributed by atoms with E-state index in [9.17, 15) is 24.3 Å². The second-order valence-electron chi connectivity index (χ2n) is 22.2. The van der Waals surface area contributed by atoms with Gasteiger partial charge in [-0.3, -0.25) is 29.0 Å². The van der Waals surface area contributed by atoms with Gasteiger partial charge in [0.15, 0.2) is 5.82 Å². The van der Waals surface area contributed by atoms with Gasteiger partial charge in [-0.1, -0.05) is 45.8 Å². The van der Waals surface area contributed by atoms with Crippen molar-refractivity contribution in [2.24, 2.45) is 12.5 Å². The van der Waals surface area contributed by atoms with Gasteiger partial charge in [0.25, 0.3) is 17.4 Å². The van der Waals surface area contributed by atoms with Gasteiger partial charge in [-0.05, 0) is 112 Å². The monoisotopic (exact) mass is 988 g/mol. The fraction of sp³-hybridized carbons (Fsp3) is 0.474. The Morgan fingerprint density at radius 3 is 2.44 bits per heavy atom. The van der Waals surface area contributed by atoms with E-state index >= 15 is 0 Å². The first kappa shape index (κ1) is 48.5. The summed E-state index contributed by atoms with van der Waals surface area (Å²) in [6, 6.07) is 17.0. The predicted octanol–water partition coefficient (Wildman–Crippen LogP) is 7.65. The number of carbonyl (C=O) groups is 3. The van der Waals surface area contributed by atoms with Gasteiger partial charge < -0.3 is 39.6 Å². The Morgan fingerprint density at radius 1 is 0.863 bits per heavy atom. The fourth-order valence-corrected chi connectivity index (χ4v) is 13.1. The highest BCUT2D eigenvalue weighted by Gasteiger charge is 2.40. The number of hydrogen-bond acceptors (Lipinski definition) is 11. The second kappa shape index (κ2) is 19.2. The third kappa shape index (κ3) is 8.89. The lowest BCUT2D eigenvalue weighted by atomic mass is 9.90. The number of nitrogens with zero attached hydrogens (tertiary/aromatic N) is 9. The molecule has 6 aliphatic rings. The standard InChI is InChI=1S/C57H69N11O5/c1-7-51(70)60-45-28-38(59-52-56(73)62(6)33-46(61-52)41-18-20-58-53(44(41)34-69)67-25-24-66-49(55(67)72)27-37-29-57(4,5)30-50(37)66)16-17-48(45)65-23-22-63(31-36(65)3)40-19-21-64(35(2)26-40)47-15-11-14-42-43(47)32-68(54(42)71)39-12-9-8-10-13-39/h7,11,14-18,20,27-28,33,35-36,39-40,69H,1,8-10,12-13,19,21-26,29-32,34H2,2-6H3,(H,59,61)(H,60,70)/t35-,36-,40?/m0/s1. The summed E-state index contributed by atoms with van der Waals surface area (Å²) in [6.07, 6.45) is 14.3. The Kier molecular flexibility index (Phi) is 12.8. The summed E-state index contributed by atoms with van der Waals surface area (Å²) in [6.45, 7) is 17.5. The summed E-state index contributed by atoms with van der Waals surface area (Å²) >= 11 is 0. The van der Waals surface area contributed by atoms with Gasteiger partial charge in [-0.2, -0.15) is 0 Å². The molecule has 0 bridgehead atoms. The molecule has 2 saturated heterocycles. The zero-order valence-corrected chi connectivity index (χ0v) is 43.0. The highest BCUT2D eigenvalue weighted by molar-refractivity contribution is 6.06. The van der Waals surface area contributed by atoms with Crippen molar-refractivity contribution in [3.05, 3.63) is 118 Å². The van der Waals surface area contributed by atoms with Gasteiger partial charge in [0.1, 0.15) is 11.5 Å². The van der Waals surface area contributed by atoms with Gasteiger partial charge in [0, 0.05) is 129 Å². The molecule has 2 aromatic carbocycles. The third-order valence-electron chi connectivity index (χ3n) is 16.8. The van der Waals surface area contributed by atoms with Crippen molar-refractivity contribution < 1.29 is 19.5 Å². The lowest BCUT2D eigenvalue weighted by Gasteiger charge is -2.48. The fourth-order valence-electron chi connectivity index (χ4n) is 13.1. The molecule has 16 nitrogen and oxygen atoms in total. The molecular weight excluding hydrogens is 919 g/mol. The lowest BCUT2D eigenvalue weighted by molar-refractivity contribution is -0.111. The molecule has 7 heterocycles. The molecule has 11 rings (SSSR count). The molecule has 1 saturated carbocycles. The molecule has 1 unspecified atom stereocenters. The van der Waals surface area contributed by atoms with Crippen LogP contribution in [0.1, 0.15) is 116 Å². The van der Waals surface area contributed by atoms with E-state index in [2.05, 4.69) is 86.2 Å². The van der Waals surface area contributed by atoms with Crippen LogP contribution in [-0.4, -0.2) is 109 Å². The molecule has 3 amide bonds. The topological polar surface area (TPSA) is 164 Å². The van der Waals surface area contributed by atoms with Crippen LogP contribution in [0.2, 0.25) is 0 Å². The summed E-state index contributed by atoms with van der Waals surface area (Å²) < 4.78 is 3.59. The number of amides is 3. The van der Waals surface area contributed by atoms with Crippen molar-refractivity contribution in [1.29, 1.82) is 0 Å². The van der Waals surface area contributed by atoms with Gasteiger partial charge in [-0.15, -0.1) is 0 Å². The van der Waals surface area contributed by atoms with Crippen LogP contribution in [0.25, 0.3) is 11.3 Å². The minimum Gasteiger partial charge on any atom is -0.392 e. The zero-order valence-electron chi connectivity index (χ0n) is 43.0. The first-order valence-corrected chi connectivity index (χ1v) is 26.4. The van der Waals surface area contributed by atoms with Crippen molar-refractivity contribution in [3.63, 3.8) is 0 Å². The number of hydrogen-bond donors (Lipinski definition) is 3. The number of carbonyl (C=O) groups excluding carboxylic acids is 3. The minimum atomic E-state index is -0.404. The van der Waals surface area contributed by atoms with Crippen LogP contribution in [0.3, 0.4) is 0 Å². The number of piperidine rings is 1. The van der Waals surface area contributed by atoms with Gasteiger partial charge >= 0.3 is 0 Å². The summed E-state index contributed by atoms with van der Waals surface area (Å²) in [4.78, 5) is 75.2. The molecule has 73 heavy (non-hydrogen) atoms. The van der Waals surface area contributed by atoms with Crippen LogP contribution in [0.4, 0.5) is 34.4 Å². The summed E-state index contributed by atoms with van der Waals surface area (Å²) in [5.74, 6) is 0.105. The molecule has 3 aromatic heterocycles. The third-order valence-corrected chi connectivity index (χ3v) is 16.8. The van der Waals surface area contributed by atoms with Crippen molar-refractivity contribution in [2.75, 3.05) is 58.1 Å². The molecule has 4 aliphatic heterocycles.